The lowest BCUT2D eigenvalue weighted by Gasteiger charge is -2.17. The maximum atomic E-state index is 5.09. The highest BCUT2D eigenvalue weighted by Gasteiger charge is 2.30. The van der Waals surface area contributed by atoms with E-state index in [-0.39, 0.29) is 16.2 Å². The van der Waals surface area contributed by atoms with Gasteiger partial charge in [-0.25, -0.2) is 15.0 Å². The normalized spacial score (nSPS) is 13.6. The second kappa shape index (κ2) is 36.0. The minimum atomic E-state index is 0.221. The van der Waals surface area contributed by atoms with Gasteiger partial charge in [0.2, 0.25) is 5.89 Å². The van der Waals surface area contributed by atoms with Crippen molar-refractivity contribution in [2.45, 2.75) is 284 Å². The van der Waals surface area contributed by atoms with Gasteiger partial charge in [0.25, 0.3) is 0 Å². The van der Waals surface area contributed by atoms with Gasteiger partial charge in [0.1, 0.15) is 0 Å². The average molecular weight is 1290 g/mol. The number of allylic oxidation sites excluding steroid dienone is 1. The summed E-state index contributed by atoms with van der Waals surface area (Å²) in [6.45, 7) is 63.5. The number of thiophene rings is 1. The van der Waals surface area contributed by atoms with Crippen LogP contribution in [-0.4, -0.2) is 61.2 Å². The summed E-state index contributed by atoms with van der Waals surface area (Å²) in [5.74, 6) is 4.17. The standard InChI is InChI=1S/C11H16S.C9H15NS.C9H15N.C9H13N.C8H12N2O.C8H14N2.C8H13NS.C7H11N.C6H10N2/c1-11(2,3)10-7-6-9(12-10)8-4-5-8;1-6-8(9(3,4)5)11-7(2)10-6;1-7(2)10-6-8(3)5-9(10)4;1-9(2,3)8-5-4-6-10-7-8;1-5(2)7-9-8(11-10-7)6-3-4-6;1-6(2)10-8(4)5-7(3)9-10;1-6-5-10-7(9-6)8(2,3)4;1-6(2)7-4-3-5-8-7;1-6(2)8-4-3-7-5-8/h6-8H,4-5H2,1-3H3;1-5H3;5-7H,1-4H3;4-7H,1-3H3;5-6H,3-4H2,1-2H3;5-6H,1-4H3;5H,1-4H3;3-4,6H,5H2,1-2H3;3-6H,1-2H3. The minimum absolute atomic E-state index is 0.221. The molecule has 0 saturated heterocycles. The number of aromatic nitrogens is 10. The molecule has 0 bridgehead atoms. The van der Waals surface area contributed by atoms with Gasteiger partial charge in [-0.05, 0) is 191 Å². The fraction of sp³-hybridized carbons (Fsp3) is 0.600. The van der Waals surface area contributed by atoms with Gasteiger partial charge < -0.3 is 13.7 Å². The van der Waals surface area contributed by atoms with Gasteiger partial charge >= 0.3 is 0 Å². The lowest BCUT2D eigenvalue weighted by Crippen LogP contribution is -2.10. The van der Waals surface area contributed by atoms with E-state index in [1.165, 1.54) is 79.4 Å². The van der Waals surface area contributed by atoms with E-state index >= 15 is 0 Å². The van der Waals surface area contributed by atoms with Gasteiger partial charge in [0, 0.05) is 109 Å². The van der Waals surface area contributed by atoms with Crippen LogP contribution < -0.4 is 0 Å². The van der Waals surface area contributed by atoms with Crippen molar-refractivity contribution in [1.29, 1.82) is 0 Å². The molecule has 15 heteroatoms. The molecule has 9 heterocycles. The molecule has 3 aliphatic rings. The summed E-state index contributed by atoms with van der Waals surface area (Å²) in [5, 5.41) is 12.7. The molecule has 0 radical (unpaired) electrons. The highest BCUT2D eigenvalue weighted by molar-refractivity contribution is 7.12. The molecule has 1 aliphatic heterocycles. The Labute approximate surface area is 558 Å². The zero-order chi connectivity index (χ0) is 68.1. The highest BCUT2D eigenvalue weighted by atomic mass is 32.1. The van der Waals surface area contributed by atoms with E-state index in [9.17, 15) is 0 Å². The number of thiazole rings is 2. The van der Waals surface area contributed by atoms with Crippen LogP contribution in [0.2, 0.25) is 0 Å². The Balaban J connectivity index is 0.000000265. The average Bonchev–Trinajstić information content (AvgIpc) is 3.97. The van der Waals surface area contributed by atoms with E-state index in [1.54, 1.807) is 28.6 Å². The maximum Gasteiger partial charge on any atom is 0.229 e. The molecule has 8 aromatic rings. The van der Waals surface area contributed by atoms with E-state index in [1.807, 2.05) is 66.0 Å². The van der Waals surface area contributed by atoms with Crippen LogP contribution in [0.3, 0.4) is 0 Å². The molecule has 0 N–H and O–H groups in total. The van der Waals surface area contributed by atoms with Gasteiger partial charge in [-0.3, -0.25) is 14.7 Å². The molecule has 11 rings (SSSR count). The predicted octanol–water partition coefficient (Wildman–Crippen LogP) is 22.1. The highest BCUT2D eigenvalue weighted by Crippen LogP contribution is 2.45. The van der Waals surface area contributed by atoms with E-state index in [0.29, 0.717) is 41.3 Å². The number of pyridine rings is 1. The lowest BCUT2D eigenvalue weighted by atomic mass is 9.88. The van der Waals surface area contributed by atoms with E-state index in [0.717, 1.165) is 35.6 Å². The number of aryl methyl sites for hydroxylation is 7. The number of nitrogens with zero attached hydrogens (tertiary/aromatic N) is 11. The van der Waals surface area contributed by atoms with E-state index in [2.05, 4.69) is 290 Å². The Kier molecular flexibility index (Phi) is 31.4. The third-order valence-corrected chi connectivity index (χ3v) is 18.8. The van der Waals surface area contributed by atoms with Gasteiger partial charge in [0.05, 0.1) is 34.3 Å². The zero-order valence-electron chi connectivity index (χ0n) is 61.3. The Morgan fingerprint density at radius 3 is 1.53 bits per heavy atom. The first-order valence-electron chi connectivity index (χ1n) is 32.8. The number of imidazole rings is 1. The molecule has 2 saturated carbocycles. The van der Waals surface area contributed by atoms with Crippen LogP contribution in [0.25, 0.3) is 0 Å². The number of rotatable bonds is 7. The third-order valence-electron chi connectivity index (χ3n) is 14.3. The molecule has 0 spiro atoms. The quantitative estimate of drug-likeness (QED) is 0.154. The summed E-state index contributed by atoms with van der Waals surface area (Å²) in [4.78, 5) is 29.8. The predicted molar refractivity (Wildman–Crippen MR) is 389 cm³/mol. The molecule has 12 nitrogen and oxygen atoms in total. The topological polar surface area (TPSA) is 131 Å². The van der Waals surface area contributed by atoms with Crippen LogP contribution in [0.1, 0.15) is 290 Å². The van der Waals surface area contributed by atoms with Crippen molar-refractivity contribution < 1.29 is 4.52 Å². The first-order chi connectivity index (χ1) is 41.7. The molecular formula is C75H119N11OS3. The summed E-state index contributed by atoms with van der Waals surface area (Å²) < 4.78 is 11.5. The molecule has 90 heavy (non-hydrogen) atoms. The number of hydrogen-bond acceptors (Lipinski definition) is 12. The Morgan fingerprint density at radius 1 is 0.611 bits per heavy atom. The van der Waals surface area contributed by atoms with Crippen molar-refractivity contribution >= 4 is 39.7 Å². The first-order valence-corrected chi connectivity index (χ1v) is 35.3. The van der Waals surface area contributed by atoms with Crippen LogP contribution in [-0.2, 0) is 21.7 Å². The van der Waals surface area contributed by atoms with Crippen molar-refractivity contribution in [1.82, 2.24) is 49.0 Å². The van der Waals surface area contributed by atoms with Crippen molar-refractivity contribution in [2.24, 2.45) is 10.9 Å². The first kappa shape index (κ1) is 78.6. The van der Waals surface area contributed by atoms with Gasteiger partial charge in [-0.2, -0.15) is 10.1 Å². The summed E-state index contributed by atoms with van der Waals surface area (Å²) in [6, 6.07) is 14.6. The maximum absolute atomic E-state index is 5.09. The van der Waals surface area contributed by atoms with Crippen molar-refractivity contribution in [3.05, 3.63) is 167 Å². The van der Waals surface area contributed by atoms with Crippen LogP contribution in [0.15, 0.2) is 101 Å². The fourth-order valence-corrected chi connectivity index (χ4v) is 12.0. The van der Waals surface area contributed by atoms with E-state index < -0.39 is 0 Å². The number of aliphatic imine (C=N–C) groups is 1. The van der Waals surface area contributed by atoms with Crippen LogP contribution >= 0.6 is 34.0 Å². The van der Waals surface area contributed by atoms with Gasteiger partial charge in [-0.1, -0.05) is 128 Å². The SMILES string of the molecule is CC(C)(C)c1ccc(C2CC2)s1.CC(C)(C)c1cccnc1.CC(C)C1=NCC=C1.CC(C)c1noc(C2CC2)n1.CC(C)n1ccnc1.Cc1cc(C)n(C(C)C)c1.Cc1cc(C)n(C(C)C)n1.Cc1csc(C(C)(C)C)n1.Cc1nc(C)c(C(C)(C)C)s1. The molecule has 0 aromatic carbocycles. The molecule has 0 atom stereocenters. The summed E-state index contributed by atoms with van der Waals surface area (Å²) in [6.07, 6.45) is 21.0. The minimum Gasteiger partial charge on any atom is -0.349 e. The monoisotopic (exact) mass is 1290 g/mol. The molecule has 2 fully saturated rings. The van der Waals surface area contributed by atoms with E-state index in [4.69, 9.17) is 4.52 Å². The van der Waals surface area contributed by atoms with Crippen LogP contribution in [0.5, 0.6) is 0 Å². The lowest BCUT2D eigenvalue weighted by molar-refractivity contribution is 0.372. The fourth-order valence-electron chi connectivity index (χ4n) is 8.87. The number of hydrogen-bond donors (Lipinski definition) is 0. The Hall–Kier alpha value is -5.64. The summed E-state index contributed by atoms with van der Waals surface area (Å²) in [7, 11) is 0. The van der Waals surface area contributed by atoms with Crippen LogP contribution in [0, 0.1) is 54.4 Å². The Morgan fingerprint density at radius 2 is 1.26 bits per heavy atom. The molecule has 8 aromatic heterocycles. The van der Waals surface area contributed by atoms with Crippen molar-refractivity contribution in [2.75, 3.05) is 6.54 Å². The summed E-state index contributed by atoms with van der Waals surface area (Å²) >= 11 is 5.57. The second-order valence-corrected chi connectivity index (χ2v) is 32.8. The smallest absolute Gasteiger partial charge is 0.229 e. The van der Waals surface area contributed by atoms with Crippen LogP contribution in [0.4, 0.5) is 0 Å². The summed E-state index contributed by atoms with van der Waals surface area (Å²) in [5.41, 5.74) is 11.0. The zero-order valence-corrected chi connectivity index (χ0v) is 63.7. The molecule has 0 unspecified atom stereocenters. The molecule has 2 aliphatic carbocycles. The molecular weight excluding hydrogens is 1170 g/mol. The molecule has 0 amide bonds. The largest absolute Gasteiger partial charge is 0.349 e. The Bertz CT molecular complexity index is 3250. The van der Waals surface area contributed by atoms with Gasteiger partial charge in [-0.15, -0.1) is 34.0 Å². The second-order valence-electron chi connectivity index (χ2n) is 29.6. The van der Waals surface area contributed by atoms with Gasteiger partial charge in [0.15, 0.2) is 5.82 Å². The van der Waals surface area contributed by atoms with Crippen molar-refractivity contribution in [3.8, 4) is 0 Å². The molecule has 498 valence electrons. The van der Waals surface area contributed by atoms with Crippen molar-refractivity contribution in [3.63, 3.8) is 0 Å². The third kappa shape index (κ3) is 28.9.